The van der Waals surface area contributed by atoms with Crippen molar-refractivity contribution < 1.29 is 14.7 Å². The first-order valence-corrected chi connectivity index (χ1v) is 4.61. The van der Waals surface area contributed by atoms with Crippen LogP contribution in [0.15, 0.2) is 30.3 Å². The van der Waals surface area contributed by atoms with E-state index in [2.05, 4.69) is 5.32 Å². The van der Waals surface area contributed by atoms with E-state index in [9.17, 15) is 14.7 Å². The number of carbonyl (C=O) groups excluding carboxylic acids is 2. The summed E-state index contributed by atoms with van der Waals surface area (Å²) in [6.07, 6.45) is 0.239. The Morgan fingerprint density at radius 1 is 1.33 bits per heavy atom. The van der Waals surface area contributed by atoms with Crippen LogP contribution in [0.1, 0.15) is 12.5 Å². The van der Waals surface area contributed by atoms with Crippen molar-refractivity contribution in [2.75, 3.05) is 0 Å². The van der Waals surface area contributed by atoms with Crippen LogP contribution in [0.5, 0.6) is 0 Å². The van der Waals surface area contributed by atoms with Gasteiger partial charge in [0.1, 0.15) is 0 Å². The van der Waals surface area contributed by atoms with Gasteiger partial charge in [-0.25, -0.2) is 0 Å². The molecule has 0 bridgehead atoms. The van der Waals surface area contributed by atoms with Crippen LogP contribution in [-0.4, -0.2) is 17.9 Å². The Morgan fingerprint density at radius 3 is 2.40 bits per heavy atom. The molecule has 1 rings (SSSR count). The molecule has 0 fully saturated rings. The standard InChI is InChI=1S/C11H13NO3/c1-8(13)12-10(11(14)15)7-9-5-3-2-4-6-9/h2-6,10H,7H2,1H3,(H,12,13)(H,14,15)/p-1/t10-/m0/s1. The van der Waals surface area contributed by atoms with Crippen molar-refractivity contribution in [3.05, 3.63) is 35.9 Å². The van der Waals surface area contributed by atoms with E-state index in [0.29, 0.717) is 0 Å². The Labute approximate surface area is 87.9 Å². The number of benzene rings is 1. The Kier molecular flexibility index (Phi) is 3.85. The van der Waals surface area contributed by atoms with E-state index in [1.807, 2.05) is 18.2 Å². The molecule has 1 aromatic rings. The van der Waals surface area contributed by atoms with Crippen molar-refractivity contribution >= 4 is 11.9 Å². The van der Waals surface area contributed by atoms with Gasteiger partial charge in [-0.3, -0.25) is 4.79 Å². The summed E-state index contributed by atoms with van der Waals surface area (Å²) in [7, 11) is 0. The lowest BCUT2D eigenvalue weighted by Gasteiger charge is -2.18. The zero-order chi connectivity index (χ0) is 11.3. The third-order valence-corrected chi connectivity index (χ3v) is 1.94. The summed E-state index contributed by atoms with van der Waals surface area (Å²) in [6.45, 7) is 1.28. The van der Waals surface area contributed by atoms with Crippen molar-refractivity contribution in [1.82, 2.24) is 5.32 Å². The molecule has 1 atom stereocenters. The molecule has 0 saturated carbocycles. The minimum absolute atomic E-state index is 0.239. The summed E-state index contributed by atoms with van der Waals surface area (Å²) >= 11 is 0. The lowest BCUT2D eigenvalue weighted by Crippen LogP contribution is -2.48. The molecule has 0 radical (unpaired) electrons. The maximum absolute atomic E-state index is 10.7. The Morgan fingerprint density at radius 2 is 1.93 bits per heavy atom. The van der Waals surface area contributed by atoms with Gasteiger partial charge in [0.2, 0.25) is 5.91 Å². The van der Waals surface area contributed by atoms with Gasteiger partial charge in [0.05, 0.1) is 12.0 Å². The second kappa shape index (κ2) is 5.14. The molecule has 0 aliphatic rings. The van der Waals surface area contributed by atoms with Crippen LogP contribution in [-0.2, 0) is 16.0 Å². The van der Waals surface area contributed by atoms with Gasteiger partial charge in [-0.15, -0.1) is 0 Å². The fourth-order valence-electron chi connectivity index (χ4n) is 1.29. The fraction of sp³-hybridized carbons (Fsp3) is 0.273. The molecule has 1 aromatic carbocycles. The van der Waals surface area contributed by atoms with E-state index < -0.39 is 12.0 Å². The predicted octanol–water partition coefficient (Wildman–Crippen LogP) is -0.516. The second-order valence-electron chi connectivity index (χ2n) is 3.26. The largest absolute Gasteiger partial charge is 0.548 e. The molecular formula is C11H12NO3-. The third-order valence-electron chi connectivity index (χ3n) is 1.94. The highest BCUT2D eigenvalue weighted by Crippen LogP contribution is 2.02. The number of hydrogen-bond acceptors (Lipinski definition) is 3. The molecule has 1 N–H and O–H groups in total. The molecule has 4 nitrogen and oxygen atoms in total. The highest BCUT2D eigenvalue weighted by molar-refractivity contribution is 5.81. The molecule has 0 spiro atoms. The predicted molar refractivity (Wildman–Crippen MR) is 52.8 cm³/mol. The molecule has 0 saturated heterocycles. The van der Waals surface area contributed by atoms with Crippen molar-refractivity contribution in [1.29, 1.82) is 0 Å². The molecule has 0 heterocycles. The maximum Gasteiger partial charge on any atom is 0.217 e. The maximum atomic E-state index is 10.7. The lowest BCUT2D eigenvalue weighted by molar-refractivity contribution is -0.308. The molecule has 80 valence electrons. The first-order chi connectivity index (χ1) is 7.09. The van der Waals surface area contributed by atoms with E-state index >= 15 is 0 Å². The molecule has 1 amide bonds. The Hall–Kier alpha value is -1.84. The average molecular weight is 206 g/mol. The van der Waals surface area contributed by atoms with E-state index in [1.165, 1.54) is 6.92 Å². The van der Waals surface area contributed by atoms with Gasteiger partial charge in [-0.1, -0.05) is 30.3 Å². The van der Waals surface area contributed by atoms with Crippen molar-refractivity contribution in [2.45, 2.75) is 19.4 Å². The number of hydrogen-bond donors (Lipinski definition) is 1. The Bertz CT molecular complexity index is 348. The van der Waals surface area contributed by atoms with Crippen molar-refractivity contribution in [2.24, 2.45) is 0 Å². The van der Waals surface area contributed by atoms with Gasteiger partial charge in [-0.05, 0) is 12.0 Å². The van der Waals surface area contributed by atoms with Gasteiger partial charge in [0, 0.05) is 6.92 Å². The molecular weight excluding hydrogens is 194 g/mol. The fourth-order valence-corrected chi connectivity index (χ4v) is 1.29. The molecule has 0 aromatic heterocycles. The van der Waals surface area contributed by atoms with E-state index in [-0.39, 0.29) is 12.3 Å². The van der Waals surface area contributed by atoms with Crippen LogP contribution in [0.3, 0.4) is 0 Å². The summed E-state index contributed by atoms with van der Waals surface area (Å²) < 4.78 is 0. The van der Waals surface area contributed by atoms with Crippen LogP contribution >= 0.6 is 0 Å². The van der Waals surface area contributed by atoms with E-state index in [0.717, 1.165) is 5.56 Å². The number of carboxylic acids is 1. The monoisotopic (exact) mass is 206 g/mol. The van der Waals surface area contributed by atoms with Crippen molar-refractivity contribution in [3.8, 4) is 0 Å². The quantitative estimate of drug-likeness (QED) is 0.721. The third kappa shape index (κ3) is 3.81. The summed E-state index contributed by atoms with van der Waals surface area (Å²) in [5, 5.41) is 13.0. The Balaban J connectivity index is 2.67. The van der Waals surface area contributed by atoms with Crippen LogP contribution in [0.4, 0.5) is 0 Å². The molecule has 0 aliphatic heterocycles. The summed E-state index contributed by atoms with van der Waals surface area (Å²) in [5.41, 5.74) is 0.848. The number of carboxylic acid groups (broad SMARTS) is 1. The minimum Gasteiger partial charge on any atom is -0.548 e. The number of carbonyl (C=O) groups is 2. The molecule has 0 aliphatic carbocycles. The van der Waals surface area contributed by atoms with Crippen LogP contribution in [0.2, 0.25) is 0 Å². The normalized spacial score (nSPS) is 11.8. The lowest BCUT2D eigenvalue weighted by atomic mass is 10.1. The minimum atomic E-state index is -1.27. The van der Waals surface area contributed by atoms with Crippen LogP contribution in [0, 0.1) is 0 Å². The SMILES string of the molecule is CC(=O)N[C@@H](Cc1ccccc1)C(=O)[O-]. The van der Waals surface area contributed by atoms with Gasteiger partial charge >= 0.3 is 0 Å². The van der Waals surface area contributed by atoms with Gasteiger partial charge in [-0.2, -0.15) is 0 Å². The second-order valence-corrected chi connectivity index (χ2v) is 3.26. The molecule has 0 unspecified atom stereocenters. The van der Waals surface area contributed by atoms with E-state index in [4.69, 9.17) is 0 Å². The summed E-state index contributed by atoms with van der Waals surface area (Å²) in [4.78, 5) is 21.5. The topological polar surface area (TPSA) is 69.2 Å². The molecule has 15 heavy (non-hydrogen) atoms. The van der Waals surface area contributed by atoms with Gasteiger partial charge in [0.25, 0.3) is 0 Å². The number of nitrogens with one attached hydrogen (secondary N) is 1. The smallest absolute Gasteiger partial charge is 0.217 e. The van der Waals surface area contributed by atoms with Crippen molar-refractivity contribution in [3.63, 3.8) is 0 Å². The number of amides is 1. The first-order valence-electron chi connectivity index (χ1n) is 4.61. The summed E-state index contributed by atoms with van der Waals surface area (Å²) in [6, 6.07) is 8.11. The molecule has 4 heteroatoms. The van der Waals surface area contributed by atoms with E-state index in [1.54, 1.807) is 12.1 Å². The van der Waals surface area contributed by atoms with Gasteiger partial charge in [0.15, 0.2) is 0 Å². The number of aliphatic carboxylic acids is 1. The zero-order valence-corrected chi connectivity index (χ0v) is 8.40. The summed E-state index contributed by atoms with van der Waals surface area (Å²) in [5.74, 6) is -1.64. The zero-order valence-electron chi connectivity index (χ0n) is 8.40. The first kappa shape index (κ1) is 11.2. The van der Waals surface area contributed by atoms with Crippen LogP contribution in [0.25, 0.3) is 0 Å². The highest BCUT2D eigenvalue weighted by atomic mass is 16.4. The highest BCUT2D eigenvalue weighted by Gasteiger charge is 2.11. The average Bonchev–Trinajstić information content (AvgIpc) is 2.17. The van der Waals surface area contributed by atoms with Gasteiger partial charge < -0.3 is 15.2 Å². The van der Waals surface area contributed by atoms with Crippen LogP contribution < -0.4 is 10.4 Å². The number of rotatable bonds is 4.